The zero-order chi connectivity index (χ0) is 17.5. The van der Waals surface area contributed by atoms with Gasteiger partial charge in [0.1, 0.15) is 17.1 Å². The molecule has 0 spiro atoms. The molecular weight excluding hydrogens is 330 g/mol. The molecule has 0 unspecified atom stereocenters. The molecule has 5 nitrogen and oxygen atoms in total. The molecule has 2 aromatic rings. The maximum atomic E-state index is 12.4. The molecule has 0 saturated carbocycles. The third-order valence-electron chi connectivity index (χ3n) is 3.72. The van der Waals surface area contributed by atoms with E-state index in [0.717, 1.165) is 0 Å². The van der Waals surface area contributed by atoms with E-state index in [2.05, 4.69) is 5.32 Å². The fourth-order valence-electron chi connectivity index (χ4n) is 2.60. The Morgan fingerprint density at radius 3 is 2.75 bits per heavy atom. The van der Waals surface area contributed by atoms with Gasteiger partial charge in [0, 0.05) is 10.6 Å². The van der Waals surface area contributed by atoms with Crippen molar-refractivity contribution in [3.8, 4) is 11.5 Å². The first-order chi connectivity index (χ1) is 11.2. The predicted octanol–water partition coefficient (Wildman–Crippen LogP) is 4.04. The lowest BCUT2D eigenvalue weighted by molar-refractivity contribution is 0.0620. The van der Waals surface area contributed by atoms with Gasteiger partial charge >= 0.3 is 0 Å². The molecule has 1 aliphatic heterocycles. The van der Waals surface area contributed by atoms with E-state index in [0.29, 0.717) is 21.9 Å². The number of halogens is 1. The van der Waals surface area contributed by atoms with Crippen LogP contribution in [0.2, 0.25) is 5.02 Å². The summed E-state index contributed by atoms with van der Waals surface area (Å²) < 4.78 is 5.77. The maximum absolute atomic E-state index is 12.4. The average molecular weight is 346 g/mol. The van der Waals surface area contributed by atoms with Gasteiger partial charge < -0.3 is 15.2 Å². The van der Waals surface area contributed by atoms with Gasteiger partial charge in [0.05, 0.1) is 17.7 Å². The van der Waals surface area contributed by atoms with E-state index in [1.54, 1.807) is 12.1 Å². The highest BCUT2D eigenvalue weighted by Crippen LogP contribution is 2.34. The molecular formula is C18H16ClNO4. The molecule has 0 aliphatic carbocycles. The highest BCUT2D eigenvalue weighted by molar-refractivity contribution is 6.31. The minimum Gasteiger partial charge on any atom is -0.506 e. The fourth-order valence-corrected chi connectivity index (χ4v) is 2.77. The number of rotatable bonds is 2. The SMILES string of the molecule is CC1(C)CC(=O)c2cc(C(=O)Nc3cc(Cl)ccc3O)ccc2O1. The zero-order valence-electron chi connectivity index (χ0n) is 13.2. The number of benzene rings is 2. The second-order valence-corrected chi connectivity index (χ2v) is 6.72. The molecule has 1 amide bonds. The molecule has 1 aliphatic rings. The van der Waals surface area contributed by atoms with E-state index >= 15 is 0 Å². The topological polar surface area (TPSA) is 75.6 Å². The molecule has 3 rings (SSSR count). The molecule has 24 heavy (non-hydrogen) atoms. The summed E-state index contributed by atoms with van der Waals surface area (Å²) in [5.41, 5.74) is 0.330. The van der Waals surface area contributed by atoms with Crippen LogP contribution in [0, 0.1) is 0 Å². The smallest absolute Gasteiger partial charge is 0.255 e. The lowest BCUT2D eigenvalue weighted by atomic mass is 9.92. The van der Waals surface area contributed by atoms with Crippen molar-refractivity contribution in [3.05, 3.63) is 52.5 Å². The van der Waals surface area contributed by atoms with E-state index in [9.17, 15) is 14.7 Å². The lowest BCUT2D eigenvalue weighted by Gasteiger charge is -2.31. The van der Waals surface area contributed by atoms with Crippen LogP contribution in [-0.4, -0.2) is 22.4 Å². The number of hydrogen-bond acceptors (Lipinski definition) is 4. The van der Waals surface area contributed by atoms with Crippen LogP contribution < -0.4 is 10.1 Å². The standard InChI is InChI=1S/C18H16ClNO4/c1-18(2)9-15(22)12-7-10(3-6-16(12)24-18)17(23)20-13-8-11(19)4-5-14(13)21/h3-8,21H,9H2,1-2H3,(H,20,23). The number of ether oxygens (including phenoxy) is 1. The summed E-state index contributed by atoms with van der Waals surface area (Å²) in [6.45, 7) is 3.69. The van der Waals surface area contributed by atoms with Crippen LogP contribution in [0.15, 0.2) is 36.4 Å². The number of carbonyl (C=O) groups excluding carboxylic acids is 2. The summed E-state index contributed by atoms with van der Waals surface area (Å²) in [6, 6.07) is 9.05. The first kappa shape index (κ1) is 16.3. The lowest BCUT2D eigenvalue weighted by Crippen LogP contribution is -2.36. The number of hydrogen-bond donors (Lipinski definition) is 2. The van der Waals surface area contributed by atoms with Crippen LogP contribution in [0.3, 0.4) is 0 Å². The Kier molecular flexibility index (Phi) is 3.97. The van der Waals surface area contributed by atoms with Gasteiger partial charge in [-0.05, 0) is 50.2 Å². The largest absolute Gasteiger partial charge is 0.506 e. The number of ketones is 1. The summed E-state index contributed by atoms with van der Waals surface area (Å²) in [4.78, 5) is 24.6. The first-order valence-corrected chi connectivity index (χ1v) is 7.79. The highest BCUT2D eigenvalue weighted by Gasteiger charge is 2.32. The molecule has 0 radical (unpaired) electrons. The van der Waals surface area contributed by atoms with Gasteiger partial charge in [-0.15, -0.1) is 0 Å². The van der Waals surface area contributed by atoms with Crippen molar-refractivity contribution in [2.24, 2.45) is 0 Å². The van der Waals surface area contributed by atoms with Crippen molar-refractivity contribution in [2.45, 2.75) is 25.9 Å². The van der Waals surface area contributed by atoms with Crippen LogP contribution >= 0.6 is 11.6 Å². The predicted molar refractivity (Wildman–Crippen MR) is 91.2 cm³/mol. The Morgan fingerprint density at radius 1 is 1.25 bits per heavy atom. The third-order valence-corrected chi connectivity index (χ3v) is 3.96. The second kappa shape index (κ2) is 5.83. The van der Waals surface area contributed by atoms with Gasteiger partial charge in [-0.3, -0.25) is 9.59 Å². The Balaban J connectivity index is 1.88. The monoisotopic (exact) mass is 345 g/mol. The summed E-state index contributed by atoms with van der Waals surface area (Å²) >= 11 is 5.86. The number of aromatic hydroxyl groups is 1. The van der Waals surface area contributed by atoms with Crippen LogP contribution in [-0.2, 0) is 0 Å². The highest BCUT2D eigenvalue weighted by atomic mass is 35.5. The molecule has 0 atom stereocenters. The van der Waals surface area contributed by atoms with Gasteiger partial charge in [-0.25, -0.2) is 0 Å². The van der Waals surface area contributed by atoms with Gasteiger partial charge in [-0.1, -0.05) is 11.6 Å². The molecule has 2 N–H and O–H groups in total. The van der Waals surface area contributed by atoms with Gasteiger partial charge in [-0.2, -0.15) is 0 Å². The van der Waals surface area contributed by atoms with E-state index in [1.807, 2.05) is 13.8 Å². The van der Waals surface area contributed by atoms with E-state index in [4.69, 9.17) is 16.3 Å². The van der Waals surface area contributed by atoms with Gasteiger partial charge in [0.25, 0.3) is 5.91 Å². The summed E-state index contributed by atoms with van der Waals surface area (Å²) in [7, 11) is 0. The molecule has 1 heterocycles. The Bertz CT molecular complexity index is 845. The maximum Gasteiger partial charge on any atom is 0.255 e. The summed E-state index contributed by atoms with van der Waals surface area (Å²) in [5.74, 6) is -0.139. The van der Waals surface area contributed by atoms with Gasteiger partial charge in [0.2, 0.25) is 0 Å². The third kappa shape index (κ3) is 3.21. The van der Waals surface area contributed by atoms with E-state index in [1.165, 1.54) is 24.3 Å². The molecule has 0 saturated heterocycles. The molecule has 2 aromatic carbocycles. The van der Waals surface area contributed by atoms with Gasteiger partial charge in [0.15, 0.2) is 5.78 Å². The number of anilines is 1. The second-order valence-electron chi connectivity index (χ2n) is 6.29. The van der Waals surface area contributed by atoms with Crippen molar-refractivity contribution in [1.29, 1.82) is 0 Å². The van der Waals surface area contributed by atoms with Crippen molar-refractivity contribution < 1.29 is 19.4 Å². The number of phenolic OH excluding ortho intramolecular Hbond substituents is 1. The molecule has 0 bridgehead atoms. The number of amides is 1. The quantitative estimate of drug-likeness (QED) is 0.805. The normalized spacial score (nSPS) is 15.4. The minimum atomic E-state index is -0.555. The van der Waals surface area contributed by atoms with Crippen molar-refractivity contribution in [2.75, 3.05) is 5.32 Å². The Labute approximate surface area is 144 Å². The van der Waals surface area contributed by atoms with E-state index < -0.39 is 11.5 Å². The fraction of sp³-hybridized carbons (Fsp3) is 0.222. The first-order valence-electron chi connectivity index (χ1n) is 7.41. The number of fused-ring (bicyclic) bond motifs is 1. The summed E-state index contributed by atoms with van der Waals surface area (Å²) in [6.07, 6.45) is 0.250. The number of phenols is 1. The Morgan fingerprint density at radius 2 is 2.00 bits per heavy atom. The molecule has 6 heteroatoms. The number of carbonyl (C=O) groups is 2. The van der Waals surface area contributed by atoms with Crippen molar-refractivity contribution >= 4 is 29.0 Å². The number of Topliss-reactive ketones (excluding diaryl/α,β-unsaturated/α-hetero) is 1. The van der Waals surface area contributed by atoms with Crippen LogP contribution in [0.5, 0.6) is 11.5 Å². The number of nitrogens with one attached hydrogen (secondary N) is 1. The summed E-state index contributed by atoms with van der Waals surface area (Å²) in [5, 5.41) is 12.7. The zero-order valence-corrected chi connectivity index (χ0v) is 14.0. The van der Waals surface area contributed by atoms with Crippen LogP contribution in [0.4, 0.5) is 5.69 Å². The van der Waals surface area contributed by atoms with E-state index in [-0.39, 0.29) is 23.6 Å². The van der Waals surface area contributed by atoms with Crippen molar-refractivity contribution in [3.63, 3.8) is 0 Å². The van der Waals surface area contributed by atoms with Crippen LogP contribution in [0.1, 0.15) is 41.0 Å². The van der Waals surface area contributed by atoms with Crippen LogP contribution in [0.25, 0.3) is 0 Å². The van der Waals surface area contributed by atoms with Crippen molar-refractivity contribution in [1.82, 2.24) is 0 Å². The molecule has 0 aromatic heterocycles. The minimum absolute atomic E-state index is 0.0681. The molecule has 124 valence electrons. The average Bonchev–Trinajstić information content (AvgIpc) is 2.49. The molecule has 0 fully saturated rings. The Hall–Kier alpha value is -2.53.